The molecule has 1 aliphatic heterocycles. The lowest BCUT2D eigenvalue weighted by atomic mass is 10.0. The summed E-state index contributed by atoms with van der Waals surface area (Å²) in [4.78, 5) is 23.8. The van der Waals surface area contributed by atoms with E-state index in [1.54, 1.807) is 14.0 Å². The Morgan fingerprint density at radius 1 is 1.29 bits per heavy atom. The van der Waals surface area contributed by atoms with Crippen LogP contribution in [0.3, 0.4) is 0 Å². The standard InChI is InChI=1S/C18H22N2O.C4H9NO2/c1-4-8-17-16(18(21)19-3)11-14(2)12-20(17)13-15-9-6-5-7-10-15;1-4(7)2-5-3-6/h5-12H,4,13H2,1-3H3,(H,19,21);3-4,7H,2H2,1H3,(H,5,6)/b17-8+;. The van der Waals surface area contributed by atoms with Crippen molar-refractivity contribution < 1.29 is 14.7 Å². The highest BCUT2D eigenvalue weighted by Gasteiger charge is 2.21. The minimum atomic E-state index is -0.440. The molecule has 0 bridgehead atoms. The lowest BCUT2D eigenvalue weighted by molar-refractivity contribution is -0.117. The fourth-order valence-electron chi connectivity index (χ4n) is 2.68. The maximum absolute atomic E-state index is 12.1. The summed E-state index contributed by atoms with van der Waals surface area (Å²) in [5.41, 5.74) is 4.01. The van der Waals surface area contributed by atoms with E-state index in [1.807, 2.05) is 31.2 Å². The van der Waals surface area contributed by atoms with Crippen molar-refractivity contribution in [3.63, 3.8) is 0 Å². The normalized spacial score (nSPS) is 15.6. The van der Waals surface area contributed by atoms with Crippen molar-refractivity contribution in [3.05, 3.63) is 71.1 Å². The van der Waals surface area contributed by atoms with Crippen LogP contribution in [0.15, 0.2) is 65.5 Å². The van der Waals surface area contributed by atoms with E-state index in [4.69, 9.17) is 5.11 Å². The van der Waals surface area contributed by atoms with Crippen LogP contribution in [-0.4, -0.2) is 42.0 Å². The van der Waals surface area contributed by atoms with Crippen molar-refractivity contribution in [3.8, 4) is 0 Å². The Bertz CT molecular complexity index is 722. The maximum Gasteiger partial charge on any atom is 0.253 e. The molecule has 0 aromatic heterocycles. The molecule has 1 aromatic rings. The van der Waals surface area contributed by atoms with Crippen LogP contribution in [0.2, 0.25) is 0 Å². The summed E-state index contributed by atoms with van der Waals surface area (Å²) in [6, 6.07) is 10.3. The van der Waals surface area contributed by atoms with Gasteiger partial charge in [-0.1, -0.05) is 43.3 Å². The van der Waals surface area contributed by atoms with Gasteiger partial charge in [-0.05, 0) is 37.5 Å². The van der Waals surface area contributed by atoms with Gasteiger partial charge in [0.2, 0.25) is 6.41 Å². The Morgan fingerprint density at radius 2 is 1.96 bits per heavy atom. The molecule has 1 aromatic carbocycles. The quantitative estimate of drug-likeness (QED) is 0.630. The number of aliphatic hydroxyl groups is 1. The summed E-state index contributed by atoms with van der Waals surface area (Å²) in [6.07, 6.45) is 7.16. The molecule has 6 heteroatoms. The Morgan fingerprint density at radius 3 is 2.46 bits per heavy atom. The van der Waals surface area contributed by atoms with Gasteiger partial charge in [0.25, 0.3) is 5.91 Å². The molecule has 0 radical (unpaired) electrons. The molecule has 0 fully saturated rings. The second kappa shape index (κ2) is 12.5. The molecule has 0 saturated carbocycles. The zero-order chi connectivity index (χ0) is 20.9. The molecule has 1 unspecified atom stereocenters. The first-order chi connectivity index (χ1) is 13.4. The van der Waals surface area contributed by atoms with Crippen LogP contribution in [0.25, 0.3) is 0 Å². The Balaban J connectivity index is 0.000000480. The van der Waals surface area contributed by atoms with Crippen molar-refractivity contribution >= 4 is 12.3 Å². The van der Waals surface area contributed by atoms with Gasteiger partial charge in [-0.15, -0.1) is 0 Å². The number of nitrogens with zero attached hydrogens (tertiary/aromatic N) is 1. The number of hydrogen-bond donors (Lipinski definition) is 3. The molecule has 1 heterocycles. The number of rotatable bonds is 7. The molecule has 1 atom stereocenters. The summed E-state index contributed by atoms with van der Waals surface area (Å²) in [5.74, 6) is -0.0415. The van der Waals surface area contributed by atoms with Crippen LogP contribution < -0.4 is 10.6 Å². The largest absolute Gasteiger partial charge is 0.392 e. The third-order valence-electron chi connectivity index (χ3n) is 3.88. The Kier molecular flexibility index (Phi) is 10.4. The zero-order valence-corrected chi connectivity index (χ0v) is 17.1. The van der Waals surface area contributed by atoms with E-state index < -0.39 is 6.10 Å². The highest BCUT2D eigenvalue weighted by atomic mass is 16.3. The van der Waals surface area contributed by atoms with Crippen LogP contribution in [0.4, 0.5) is 0 Å². The van der Waals surface area contributed by atoms with Gasteiger partial charge in [0.05, 0.1) is 11.7 Å². The van der Waals surface area contributed by atoms with E-state index in [1.165, 1.54) is 5.56 Å². The van der Waals surface area contributed by atoms with E-state index in [2.05, 4.69) is 46.9 Å². The molecule has 2 rings (SSSR count). The lowest BCUT2D eigenvalue weighted by Crippen LogP contribution is -2.29. The highest BCUT2D eigenvalue weighted by Crippen LogP contribution is 2.26. The number of benzene rings is 1. The first kappa shape index (κ1) is 23.2. The minimum Gasteiger partial charge on any atom is -0.392 e. The second-order valence-electron chi connectivity index (χ2n) is 6.50. The van der Waals surface area contributed by atoms with Crippen molar-refractivity contribution in [1.29, 1.82) is 0 Å². The van der Waals surface area contributed by atoms with Crippen LogP contribution >= 0.6 is 0 Å². The molecule has 2 amide bonds. The average Bonchev–Trinajstić information content (AvgIpc) is 2.68. The Labute approximate surface area is 167 Å². The molecule has 0 aliphatic carbocycles. The first-order valence-corrected chi connectivity index (χ1v) is 9.41. The predicted octanol–water partition coefficient (Wildman–Crippen LogP) is 2.49. The van der Waals surface area contributed by atoms with E-state index in [-0.39, 0.29) is 5.91 Å². The summed E-state index contributed by atoms with van der Waals surface area (Å²) < 4.78 is 0. The van der Waals surface area contributed by atoms with Gasteiger partial charge in [-0.3, -0.25) is 9.59 Å². The van der Waals surface area contributed by atoms with Gasteiger partial charge in [-0.2, -0.15) is 0 Å². The van der Waals surface area contributed by atoms with E-state index in [9.17, 15) is 9.59 Å². The summed E-state index contributed by atoms with van der Waals surface area (Å²) >= 11 is 0. The van der Waals surface area contributed by atoms with Crippen molar-refractivity contribution in [2.24, 2.45) is 0 Å². The molecule has 0 saturated heterocycles. The lowest BCUT2D eigenvalue weighted by Gasteiger charge is -2.29. The molecule has 3 N–H and O–H groups in total. The SMILES string of the molecule is CC(O)CNC=O.CC/C=C1\C(C(=O)NC)=CC(C)=CN1Cc1ccccc1. The molecule has 1 aliphatic rings. The van der Waals surface area contributed by atoms with Crippen LogP contribution in [0.5, 0.6) is 0 Å². The molecule has 28 heavy (non-hydrogen) atoms. The number of allylic oxidation sites excluding steroid dienone is 3. The fourth-order valence-corrected chi connectivity index (χ4v) is 2.68. The van der Waals surface area contributed by atoms with Crippen molar-refractivity contribution in [2.45, 2.75) is 39.8 Å². The maximum atomic E-state index is 12.1. The molecule has 152 valence electrons. The van der Waals surface area contributed by atoms with Gasteiger partial charge in [0.1, 0.15) is 0 Å². The van der Waals surface area contributed by atoms with Crippen LogP contribution in [0, 0.1) is 0 Å². The van der Waals surface area contributed by atoms with E-state index in [0.29, 0.717) is 13.0 Å². The summed E-state index contributed by atoms with van der Waals surface area (Å²) in [7, 11) is 1.67. The zero-order valence-electron chi connectivity index (χ0n) is 17.1. The van der Waals surface area contributed by atoms with Gasteiger partial charge >= 0.3 is 0 Å². The number of likely N-dealkylation sites (N-methyl/N-ethyl adjacent to an activating group) is 1. The number of nitrogens with one attached hydrogen (secondary N) is 2. The third kappa shape index (κ3) is 7.80. The number of aliphatic hydroxyl groups excluding tert-OH is 1. The second-order valence-corrected chi connectivity index (χ2v) is 6.50. The molecule has 6 nitrogen and oxygen atoms in total. The highest BCUT2D eigenvalue weighted by molar-refractivity contribution is 5.98. The number of carbonyl (C=O) groups is 2. The smallest absolute Gasteiger partial charge is 0.253 e. The molecule has 0 spiro atoms. The van der Waals surface area contributed by atoms with E-state index in [0.717, 1.165) is 29.8 Å². The summed E-state index contributed by atoms with van der Waals surface area (Å²) in [6.45, 7) is 6.81. The summed E-state index contributed by atoms with van der Waals surface area (Å²) in [5, 5.41) is 13.5. The topological polar surface area (TPSA) is 81.7 Å². The van der Waals surface area contributed by atoms with E-state index >= 15 is 0 Å². The first-order valence-electron chi connectivity index (χ1n) is 9.41. The minimum absolute atomic E-state index is 0.0415. The van der Waals surface area contributed by atoms with Crippen LogP contribution in [-0.2, 0) is 16.1 Å². The number of hydrogen-bond acceptors (Lipinski definition) is 4. The van der Waals surface area contributed by atoms with Gasteiger partial charge in [0.15, 0.2) is 0 Å². The number of carbonyl (C=O) groups excluding carboxylic acids is 2. The van der Waals surface area contributed by atoms with Gasteiger partial charge in [-0.25, -0.2) is 0 Å². The van der Waals surface area contributed by atoms with Crippen molar-refractivity contribution in [1.82, 2.24) is 15.5 Å². The van der Waals surface area contributed by atoms with Gasteiger partial charge in [0, 0.05) is 32.0 Å². The predicted molar refractivity (Wildman–Crippen MR) is 112 cm³/mol. The Hall–Kier alpha value is -2.86. The average molecular weight is 386 g/mol. The van der Waals surface area contributed by atoms with Crippen LogP contribution in [0.1, 0.15) is 32.8 Å². The van der Waals surface area contributed by atoms with Gasteiger partial charge < -0.3 is 20.6 Å². The fraction of sp³-hybridized carbons (Fsp3) is 0.364. The van der Waals surface area contributed by atoms with Crippen molar-refractivity contribution in [2.75, 3.05) is 13.6 Å². The monoisotopic (exact) mass is 385 g/mol. The molecular weight excluding hydrogens is 354 g/mol. The molecular formula is C22H31N3O3. The third-order valence-corrected chi connectivity index (χ3v) is 3.88. The number of amides is 2.